The zero-order valence-corrected chi connectivity index (χ0v) is 37.8. The third kappa shape index (κ3) is 6.56. The van der Waals surface area contributed by atoms with Gasteiger partial charge in [0.05, 0.1) is 0 Å². The van der Waals surface area contributed by atoms with Crippen molar-refractivity contribution in [3.05, 3.63) is 210 Å². The van der Waals surface area contributed by atoms with E-state index in [0.717, 1.165) is 11.4 Å². The van der Waals surface area contributed by atoms with Gasteiger partial charge in [-0.25, -0.2) is 0 Å². The molecule has 0 aromatic heterocycles. The Morgan fingerprint density at radius 1 is 0.500 bits per heavy atom. The number of benzene rings is 9. The molecule has 3 heteroatoms. The molecule has 309 valence electrons. The Balaban J connectivity index is 1.21. The van der Waals surface area contributed by atoms with Gasteiger partial charge in [-0.1, -0.05) is 174 Å². The number of rotatable bonds is 6. The molecule has 64 heavy (non-hydrogen) atoms. The molecule has 2 aliphatic rings. The summed E-state index contributed by atoms with van der Waals surface area (Å²) in [5.74, 6) is 0. The van der Waals surface area contributed by atoms with Gasteiger partial charge in [-0.2, -0.15) is 0 Å². The van der Waals surface area contributed by atoms with E-state index in [0.29, 0.717) is 0 Å². The van der Waals surface area contributed by atoms with Crippen molar-refractivity contribution in [1.29, 1.82) is 0 Å². The SMILES string of the molecule is Cc1ccccc1-c1cc(-c2c(Nc3ccc(C(C)(C)C)cc3)ccc3ccccc23)c2c(c1)N(c1ccc(-c3ccccc3)cc1C)c1cc3c(cc1[B]2)-c1ccccc1C3(C)C. The molecular formula is C61H52BN2. The summed E-state index contributed by atoms with van der Waals surface area (Å²) in [6.45, 7) is 16.1. The minimum atomic E-state index is -0.151. The zero-order chi connectivity index (χ0) is 43.9. The van der Waals surface area contributed by atoms with Crippen molar-refractivity contribution in [1.82, 2.24) is 0 Å². The fourth-order valence-corrected chi connectivity index (χ4v) is 10.4. The summed E-state index contributed by atoms with van der Waals surface area (Å²) < 4.78 is 0. The normalized spacial score (nSPS) is 13.5. The van der Waals surface area contributed by atoms with Gasteiger partial charge in [-0.15, -0.1) is 0 Å². The predicted molar refractivity (Wildman–Crippen MR) is 275 cm³/mol. The van der Waals surface area contributed by atoms with Gasteiger partial charge in [-0.05, 0) is 151 Å². The monoisotopic (exact) mass is 823 g/mol. The molecule has 0 spiro atoms. The highest BCUT2D eigenvalue weighted by Crippen LogP contribution is 2.52. The molecule has 1 N–H and O–H groups in total. The Morgan fingerprint density at radius 2 is 1.22 bits per heavy atom. The molecule has 9 aromatic carbocycles. The number of aryl methyl sites for hydroxylation is 2. The standard InChI is InChI=1S/C61H52BN2/c1-38-17-11-13-21-46(38)43-34-50(58-47-22-14-12-20-41(47)25-31-54(58)63-45-29-27-44(28-30-45)60(3,4)5)59-57(35-43)64(55-32-26-42(33-39(55)2)40-18-9-8-10-19-40)56-37-52-49(36-53(56)62-59)48-23-15-16-24-51(48)61(52,6)7/h8-37,63H,1-7H3. The molecule has 1 aliphatic carbocycles. The average molecular weight is 824 g/mol. The lowest BCUT2D eigenvalue weighted by atomic mass is 9.57. The van der Waals surface area contributed by atoms with E-state index < -0.39 is 0 Å². The van der Waals surface area contributed by atoms with Gasteiger partial charge < -0.3 is 10.2 Å². The summed E-state index contributed by atoms with van der Waals surface area (Å²) in [5, 5.41) is 6.36. The van der Waals surface area contributed by atoms with Crippen LogP contribution in [0.3, 0.4) is 0 Å². The van der Waals surface area contributed by atoms with Gasteiger partial charge in [0.2, 0.25) is 0 Å². The van der Waals surface area contributed by atoms with Crippen molar-refractivity contribution >= 4 is 57.4 Å². The number of hydrogen-bond acceptors (Lipinski definition) is 2. The lowest BCUT2D eigenvalue weighted by Crippen LogP contribution is -2.41. The van der Waals surface area contributed by atoms with E-state index in [-0.39, 0.29) is 10.8 Å². The molecule has 0 bridgehead atoms. The molecule has 2 nitrogen and oxygen atoms in total. The van der Waals surface area contributed by atoms with E-state index in [1.54, 1.807) is 0 Å². The molecule has 0 amide bonds. The van der Waals surface area contributed by atoms with Crippen LogP contribution in [0.5, 0.6) is 0 Å². The van der Waals surface area contributed by atoms with E-state index >= 15 is 0 Å². The van der Waals surface area contributed by atoms with Crippen molar-refractivity contribution in [3.8, 4) is 44.5 Å². The molecule has 0 atom stereocenters. The molecule has 11 rings (SSSR count). The van der Waals surface area contributed by atoms with E-state index in [4.69, 9.17) is 0 Å². The molecule has 1 radical (unpaired) electrons. The van der Waals surface area contributed by atoms with Crippen LogP contribution in [0.25, 0.3) is 55.3 Å². The van der Waals surface area contributed by atoms with E-state index in [1.807, 2.05) is 0 Å². The summed E-state index contributed by atoms with van der Waals surface area (Å²) in [6, 6.07) is 67.8. The van der Waals surface area contributed by atoms with Gasteiger partial charge in [0.1, 0.15) is 0 Å². The number of nitrogens with one attached hydrogen (secondary N) is 1. The van der Waals surface area contributed by atoms with Crippen LogP contribution in [-0.2, 0) is 10.8 Å². The Kier molecular flexibility index (Phi) is 9.33. The first-order valence-electron chi connectivity index (χ1n) is 22.7. The Hall–Kier alpha value is -7.10. The highest BCUT2D eigenvalue weighted by atomic mass is 15.2. The molecular weight excluding hydrogens is 771 g/mol. The van der Waals surface area contributed by atoms with E-state index in [2.05, 4.69) is 248 Å². The fourth-order valence-electron chi connectivity index (χ4n) is 10.4. The largest absolute Gasteiger partial charge is 0.355 e. The first-order valence-corrected chi connectivity index (χ1v) is 22.7. The summed E-state index contributed by atoms with van der Waals surface area (Å²) in [7, 11) is 2.48. The van der Waals surface area contributed by atoms with Gasteiger partial charge in [0.15, 0.2) is 7.28 Å². The van der Waals surface area contributed by atoms with Gasteiger partial charge in [0, 0.05) is 39.4 Å². The minimum absolute atomic E-state index is 0.0673. The predicted octanol–water partition coefficient (Wildman–Crippen LogP) is 15.2. The smallest absolute Gasteiger partial charge is 0.197 e. The second-order valence-corrected chi connectivity index (χ2v) is 19.4. The fraction of sp³-hybridized carbons (Fsp3) is 0.148. The number of anilines is 5. The van der Waals surface area contributed by atoms with Crippen molar-refractivity contribution in [3.63, 3.8) is 0 Å². The molecule has 0 unspecified atom stereocenters. The molecule has 0 saturated heterocycles. The third-order valence-electron chi connectivity index (χ3n) is 13.9. The Morgan fingerprint density at radius 3 is 1.98 bits per heavy atom. The van der Waals surface area contributed by atoms with Gasteiger partial charge in [0.25, 0.3) is 0 Å². The number of fused-ring (bicyclic) bond motifs is 6. The van der Waals surface area contributed by atoms with Crippen LogP contribution in [0.1, 0.15) is 62.4 Å². The first-order chi connectivity index (χ1) is 30.9. The molecule has 9 aromatic rings. The summed E-state index contributed by atoms with van der Waals surface area (Å²) in [4.78, 5) is 2.57. The molecule has 1 heterocycles. The summed E-state index contributed by atoms with van der Waals surface area (Å²) in [6.07, 6.45) is 0. The van der Waals surface area contributed by atoms with Crippen LogP contribution < -0.4 is 21.1 Å². The van der Waals surface area contributed by atoms with Crippen molar-refractivity contribution < 1.29 is 0 Å². The zero-order valence-electron chi connectivity index (χ0n) is 37.8. The first kappa shape index (κ1) is 39.7. The van der Waals surface area contributed by atoms with Crippen LogP contribution in [0.2, 0.25) is 0 Å². The number of hydrogen-bond donors (Lipinski definition) is 1. The molecule has 0 saturated carbocycles. The topological polar surface area (TPSA) is 15.3 Å². The second-order valence-electron chi connectivity index (χ2n) is 19.4. The lowest BCUT2D eigenvalue weighted by molar-refractivity contribution is 0.590. The molecule has 1 aliphatic heterocycles. The van der Waals surface area contributed by atoms with Crippen LogP contribution in [-0.4, -0.2) is 7.28 Å². The van der Waals surface area contributed by atoms with Crippen molar-refractivity contribution in [2.75, 3.05) is 10.2 Å². The maximum absolute atomic E-state index is 3.94. The minimum Gasteiger partial charge on any atom is -0.355 e. The van der Waals surface area contributed by atoms with E-state index in [1.165, 1.54) is 111 Å². The average Bonchev–Trinajstić information content (AvgIpc) is 3.52. The highest BCUT2D eigenvalue weighted by Gasteiger charge is 2.39. The maximum Gasteiger partial charge on any atom is 0.197 e. The summed E-state index contributed by atoms with van der Waals surface area (Å²) >= 11 is 0. The van der Waals surface area contributed by atoms with E-state index in [9.17, 15) is 0 Å². The van der Waals surface area contributed by atoms with Crippen LogP contribution >= 0.6 is 0 Å². The van der Waals surface area contributed by atoms with Crippen molar-refractivity contribution in [2.24, 2.45) is 0 Å². The van der Waals surface area contributed by atoms with Crippen LogP contribution in [0, 0.1) is 13.8 Å². The Bertz CT molecular complexity index is 3300. The van der Waals surface area contributed by atoms with Crippen LogP contribution in [0.15, 0.2) is 182 Å². The Labute approximate surface area is 379 Å². The highest BCUT2D eigenvalue weighted by molar-refractivity contribution is 6.73. The van der Waals surface area contributed by atoms with Crippen LogP contribution in [0.4, 0.5) is 28.4 Å². The summed E-state index contributed by atoms with van der Waals surface area (Å²) in [5.41, 5.74) is 24.4. The number of nitrogens with zero attached hydrogens (tertiary/aromatic N) is 1. The van der Waals surface area contributed by atoms with Gasteiger partial charge >= 0.3 is 0 Å². The molecule has 0 fully saturated rings. The third-order valence-corrected chi connectivity index (χ3v) is 13.9. The lowest BCUT2D eigenvalue weighted by Gasteiger charge is -2.37. The van der Waals surface area contributed by atoms with Gasteiger partial charge in [-0.3, -0.25) is 0 Å². The maximum atomic E-state index is 3.94. The van der Waals surface area contributed by atoms with Crippen molar-refractivity contribution in [2.45, 2.75) is 59.3 Å². The quantitative estimate of drug-likeness (QED) is 0.168. The second kappa shape index (κ2) is 15.0.